The third-order valence-corrected chi connectivity index (χ3v) is 7.86. The number of carboxylic acids is 1. The molecule has 1 saturated heterocycles. The second kappa shape index (κ2) is 3.73. The van der Waals surface area contributed by atoms with Gasteiger partial charge in [0.25, 0.3) is 0 Å². The van der Waals surface area contributed by atoms with Crippen LogP contribution >= 0.6 is 0 Å². The minimum absolute atomic E-state index is 0.160. The van der Waals surface area contributed by atoms with Crippen molar-refractivity contribution in [3.63, 3.8) is 0 Å². The van der Waals surface area contributed by atoms with Gasteiger partial charge in [-0.2, -0.15) is 0 Å². The van der Waals surface area contributed by atoms with E-state index in [0.717, 1.165) is 25.7 Å². The number of rotatable bonds is 1. The standard InChI is InChI=1S/C19H22O4/c1-10-8-18-9-11(10)4-5-12(18)19-7-3-6-17(2,16(22)23-19)14(19)13(18)15(20)21/h3,6,11-14H,1,4-5,7-9H2,2H3,(H,20,21)/t11-,12-,13-,14-,17?,18+,19+/m0/s1. The minimum atomic E-state index is -0.785. The van der Waals surface area contributed by atoms with Gasteiger partial charge in [-0.3, -0.25) is 9.59 Å². The molecule has 7 atom stereocenters. The molecule has 1 N–H and O–H groups in total. The summed E-state index contributed by atoms with van der Waals surface area (Å²) >= 11 is 0. The second-order valence-corrected chi connectivity index (χ2v) is 8.63. The molecule has 4 nitrogen and oxygen atoms in total. The van der Waals surface area contributed by atoms with Gasteiger partial charge in [-0.25, -0.2) is 0 Å². The number of hydrogen-bond acceptors (Lipinski definition) is 3. The van der Waals surface area contributed by atoms with Crippen LogP contribution in [0.25, 0.3) is 0 Å². The van der Waals surface area contributed by atoms with E-state index < -0.39 is 22.9 Å². The molecule has 3 saturated carbocycles. The summed E-state index contributed by atoms with van der Waals surface area (Å²) in [6, 6.07) is 0. The van der Waals surface area contributed by atoms with Gasteiger partial charge in [0.1, 0.15) is 5.60 Å². The fourth-order valence-electron chi connectivity index (χ4n) is 7.24. The molecule has 0 radical (unpaired) electrons. The van der Waals surface area contributed by atoms with Crippen molar-refractivity contribution in [3.05, 3.63) is 24.3 Å². The number of carbonyl (C=O) groups excluding carboxylic acids is 1. The van der Waals surface area contributed by atoms with Crippen LogP contribution in [0.2, 0.25) is 0 Å². The Morgan fingerprint density at radius 3 is 2.96 bits per heavy atom. The van der Waals surface area contributed by atoms with E-state index in [2.05, 4.69) is 12.7 Å². The molecule has 0 amide bonds. The molecule has 4 bridgehead atoms. The maximum absolute atomic E-state index is 12.6. The molecule has 1 aliphatic heterocycles. The van der Waals surface area contributed by atoms with Crippen molar-refractivity contribution in [1.82, 2.24) is 0 Å². The first-order chi connectivity index (χ1) is 10.9. The Kier molecular flexibility index (Phi) is 2.24. The lowest BCUT2D eigenvalue weighted by Crippen LogP contribution is -2.45. The van der Waals surface area contributed by atoms with Crippen LogP contribution in [0.4, 0.5) is 0 Å². The van der Waals surface area contributed by atoms with Crippen molar-refractivity contribution in [3.8, 4) is 0 Å². The number of ether oxygens (including phenoxy) is 1. The predicted molar refractivity (Wildman–Crippen MR) is 82.3 cm³/mol. The van der Waals surface area contributed by atoms with Crippen LogP contribution in [-0.2, 0) is 14.3 Å². The van der Waals surface area contributed by atoms with Crippen molar-refractivity contribution in [2.75, 3.05) is 0 Å². The van der Waals surface area contributed by atoms with E-state index in [4.69, 9.17) is 4.74 Å². The van der Waals surface area contributed by atoms with Crippen LogP contribution in [-0.4, -0.2) is 22.6 Å². The van der Waals surface area contributed by atoms with Crippen molar-refractivity contribution in [2.24, 2.45) is 34.5 Å². The average Bonchev–Trinajstić information content (AvgIpc) is 2.92. The van der Waals surface area contributed by atoms with Crippen molar-refractivity contribution in [1.29, 1.82) is 0 Å². The average molecular weight is 314 g/mol. The normalized spacial score (nSPS) is 55.5. The van der Waals surface area contributed by atoms with Gasteiger partial charge in [-0.1, -0.05) is 24.3 Å². The third kappa shape index (κ3) is 1.25. The fraction of sp³-hybridized carbons (Fsp3) is 0.684. The number of allylic oxidation sites excluding steroid dienone is 1. The SMILES string of the molecule is C=C1C[C@@]23C[C@@H]1CC[C@@H]2[C@@]12CC=CC(C)(C(=O)O1)[C@@H]2[C@H]3C(=O)O. The molecule has 23 heavy (non-hydrogen) atoms. The number of hydrogen-bond donors (Lipinski definition) is 1. The summed E-state index contributed by atoms with van der Waals surface area (Å²) in [5.41, 5.74) is -0.426. The summed E-state index contributed by atoms with van der Waals surface area (Å²) in [6.45, 7) is 6.12. The monoisotopic (exact) mass is 314 g/mol. The first-order valence-corrected chi connectivity index (χ1v) is 8.67. The Hall–Kier alpha value is -1.58. The van der Waals surface area contributed by atoms with Crippen LogP contribution < -0.4 is 0 Å². The summed E-state index contributed by atoms with van der Waals surface area (Å²) in [4.78, 5) is 25.0. The van der Waals surface area contributed by atoms with E-state index >= 15 is 0 Å². The highest BCUT2D eigenvalue weighted by Gasteiger charge is 2.80. The molecule has 0 aromatic heterocycles. The van der Waals surface area contributed by atoms with Crippen LogP contribution in [0.3, 0.4) is 0 Å². The molecular weight excluding hydrogens is 292 g/mol. The lowest BCUT2D eigenvalue weighted by Gasteiger charge is -2.43. The second-order valence-electron chi connectivity index (χ2n) is 8.63. The zero-order valence-electron chi connectivity index (χ0n) is 13.4. The smallest absolute Gasteiger partial charge is 0.316 e. The minimum Gasteiger partial charge on any atom is -0.481 e. The number of esters is 1. The van der Waals surface area contributed by atoms with Gasteiger partial charge in [0.2, 0.25) is 0 Å². The van der Waals surface area contributed by atoms with E-state index in [1.165, 1.54) is 5.57 Å². The summed E-state index contributed by atoms with van der Waals surface area (Å²) in [6.07, 6.45) is 8.37. The first-order valence-electron chi connectivity index (χ1n) is 8.67. The number of aliphatic carboxylic acids is 1. The Balaban J connectivity index is 1.77. The Morgan fingerprint density at radius 2 is 2.22 bits per heavy atom. The molecule has 4 fully saturated rings. The van der Waals surface area contributed by atoms with Crippen molar-refractivity contribution in [2.45, 2.75) is 44.6 Å². The van der Waals surface area contributed by atoms with E-state index in [0.29, 0.717) is 12.3 Å². The van der Waals surface area contributed by atoms with E-state index in [1.807, 2.05) is 13.0 Å². The third-order valence-electron chi connectivity index (χ3n) is 7.86. The zero-order chi connectivity index (χ0) is 16.2. The predicted octanol–water partition coefficient (Wildman–Crippen LogP) is 2.94. The van der Waals surface area contributed by atoms with Gasteiger partial charge in [0.15, 0.2) is 0 Å². The molecule has 0 aromatic rings. The van der Waals surface area contributed by atoms with Gasteiger partial charge in [0.05, 0.1) is 11.3 Å². The molecular formula is C19H22O4. The van der Waals surface area contributed by atoms with Crippen LogP contribution in [0.5, 0.6) is 0 Å². The maximum Gasteiger partial charge on any atom is 0.316 e. The van der Waals surface area contributed by atoms with E-state index in [-0.39, 0.29) is 23.2 Å². The van der Waals surface area contributed by atoms with Gasteiger partial charge >= 0.3 is 11.9 Å². The van der Waals surface area contributed by atoms with Gasteiger partial charge in [-0.05, 0) is 43.9 Å². The highest BCUT2D eigenvalue weighted by Crippen LogP contribution is 2.76. The summed E-state index contributed by atoms with van der Waals surface area (Å²) < 4.78 is 6.04. The molecule has 4 aliphatic carbocycles. The summed E-state index contributed by atoms with van der Waals surface area (Å²) in [7, 11) is 0. The number of carboxylic acid groups (broad SMARTS) is 1. The quantitative estimate of drug-likeness (QED) is 0.597. The lowest BCUT2D eigenvalue weighted by atomic mass is 9.62. The van der Waals surface area contributed by atoms with Crippen molar-refractivity contribution >= 4 is 11.9 Å². The van der Waals surface area contributed by atoms with Crippen molar-refractivity contribution < 1.29 is 19.4 Å². The maximum atomic E-state index is 12.6. The molecule has 4 heteroatoms. The van der Waals surface area contributed by atoms with Crippen LogP contribution in [0, 0.1) is 34.5 Å². The molecule has 122 valence electrons. The van der Waals surface area contributed by atoms with Crippen LogP contribution in [0.15, 0.2) is 24.3 Å². The molecule has 5 aliphatic rings. The zero-order valence-corrected chi connectivity index (χ0v) is 13.4. The molecule has 1 heterocycles. The highest BCUT2D eigenvalue weighted by atomic mass is 16.6. The van der Waals surface area contributed by atoms with Gasteiger partial charge in [0, 0.05) is 18.3 Å². The highest BCUT2D eigenvalue weighted by molar-refractivity contribution is 5.86. The molecule has 0 aromatic carbocycles. The van der Waals surface area contributed by atoms with E-state index in [1.54, 1.807) is 0 Å². The number of carbonyl (C=O) groups is 2. The van der Waals surface area contributed by atoms with Gasteiger partial charge in [-0.15, -0.1) is 0 Å². The van der Waals surface area contributed by atoms with Crippen LogP contribution in [0.1, 0.15) is 39.0 Å². The summed E-state index contributed by atoms with van der Waals surface area (Å²) in [5.74, 6) is -1.10. The largest absolute Gasteiger partial charge is 0.481 e. The Morgan fingerprint density at radius 1 is 1.43 bits per heavy atom. The van der Waals surface area contributed by atoms with Gasteiger partial charge < -0.3 is 9.84 Å². The Labute approximate surface area is 135 Å². The van der Waals surface area contributed by atoms with E-state index in [9.17, 15) is 14.7 Å². The fourth-order valence-corrected chi connectivity index (χ4v) is 7.24. The first kappa shape index (κ1) is 13.8. The Bertz CT molecular complexity index is 693. The summed E-state index contributed by atoms with van der Waals surface area (Å²) in [5, 5.41) is 10.1. The lowest BCUT2D eigenvalue weighted by molar-refractivity contribution is -0.159. The molecule has 1 unspecified atom stereocenters. The topological polar surface area (TPSA) is 63.6 Å². The number of fused-ring (bicyclic) bond motifs is 1. The molecule has 5 rings (SSSR count). The molecule has 1 spiro atoms.